The molecule has 0 atom stereocenters. The fraction of sp³-hybridized carbons (Fsp3) is 0.259. The molecule has 0 bridgehead atoms. The molecule has 0 saturated carbocycles. The summed E-state index contributed by atoms with van der Waals surface area (Å²) in [4.78, 5) is 25.5. The number of anilines is 1. The number of ether oxygens (including phenoxy) is 1. The van der Waals surface area contributed by atoms with Crippen molar-refractivity contribution < 1.29 is 32.6 Å². The van der Waals surface area contributed by atoms with Crippen molar-refractivity contribution in [1.29, 1.82) is 0 Å². The van der Waals surface area contributed by atoms with E-state index < -0.39 is 18.2 Å². The maximum absolute atomic E-state index is 12.7. The molecule has 3 rings (SSSR count). The summed E-state index contributed by atoms with van der Waals surface area (Å²) in [6.07, 6.45) is -4.79. The Morgan fingerprint density at radius 2 is 1.51 bits per heavy atom. The predicted octanol–water partition coefficient (Wildman–Crippen LogP) is 6.48. The largest absolute Gasteiger partial charge is 0.573 e. The molecule has 0 fully saturated rings. The first-order valence-electron chi connectivity index (χ1n) is 10.9. The minimum atomic E-state index is -4.79. The molecule has 0 aliphatic heterocycles. The second-order valence-electron chi connectivity index (χ2n) is 9.17. The predicted molar refractivity (Wildman–Crippen MR) is 127 cm³/mol. The third-order valence-electron chi connectivity index (χ3n) is 5.58. The Morgan fingerprint density at radius 3 is 2.03 bits per heavy atom. The van der Waals surface area contributed by atoms with E-state index in [0.717, 1.165) is 11.1 Å². The number of hydrogen-bond donors (Lipinski definition) is 1. The zero-order valence-corrected chi connectivity index (χ0v) is 19.8. The van der Waals surface area contributed by atoms with E-state index in [0.29, 0.717) is 22.4 Å². The molecule has 8 heteroatoms. The van der Waals surface area contributed by atoms with Crippen molar-refractivity contribution in [2.24, 2.45) is 0 Å². The Bertz CT molecular complexity index is 1210. The zero-order chi connectivity index (χ0) is 26.0. The lowest BCUT2D eigenvalue weighted by atomic mass is 9.86. The van der Waals surface area contributed by atoms with Gasteiger partial charge in [0.2, 0.25) is 0 Å². The molecule has 0 spiro atoms. The fourth-order valence-corrected chi connectivity index (χ4v) is 3.74. The summed E-state index contributed by atoms with van der Waals surface area (Å²) < 4.78 is 41.3. The highest BCUT2D eigenvalue weighted by Gasteiger charge is 2.31. The van der Waals surface area contributed by atoms with E-state index in [-0.39, 0.29) is 17.7 Å². The van der Waals surface area contributed by atoms with Gasteiger partial charge in [0.05, 0.1) is 6.54 Å². The first-order chi connectivity index (χ1) is 16.3. The van der Waals surface area contributed by atoms with Crippen molar-refractivity contribution in [2.45, 2.75) is 46.0 Å². The average Bonchev–Trinajstić information content (AvgIpc) is 2.77. The highest BCUT2D eigenvalue weighted by Crippen LogP contribution is 2.33. The standard InChI is InChI=1S/C27H26F3NO4/c1-17-22(19-10-14-21(15-11-19)35-27(28,29)30)6-5-7-23(17)31(24(32)25(33)34)16-18-8-12-20(13-9-18)26(2,3)4/h5-15H,16H2,1-4H3,(H,33,34). The third-order valence-corrected chi connectivity index (χ3v) is 5.58. The molecule has 0 unspecified atom stereocenters. The lowest BCUT2D eigenvalue weighted by molar-refractivity contribution is -0.274. The number of carbonyl (C=O) groups excluding carboxylic acids is 1. The first-order valence-corrected chi connectivity index (χ1v) is 10.9. The minimum Gasteiger partial charge on any atom is -0.474 e. The number of alkyl halides is 3. The molecule has 0 aliphatic carbocycles. The van der Waals surface area contributed by atoms with Crippen LogP contribution in [0.25, 0.3) is 11.1 Å². The van der Waals surface area contributed by atoms with Crippen molar-refractivity contribution in [2.75, 3.05) is 4.90 Å². The zero-order valence-electron chi connectivity index (χ0n) is 19.8. The molecule has 0 aromatic heterocycles. The number of hydrogen-bond acceptors (Lipinski definition) is 3. The van der Waals surface area contributed by atoms with Crippen LogP contribution >= 0.6 is 0 Å². The van der Waals surface area contributed by atoms with E-state index in [1.807, 2.05) is 24.3 Å². The molecule has 35 heavy (non-hydrogen) atoms. The van der Waals surface area contributed by atoms with Gasteiger partial charge in [0.25, 0.3) is 0 Å². The lowest BCUT2D eigenvalue weighted by Crippen LogP contribution is -2.36. The number of aliphatic carboxylic acids is 1. The van der Waals surface area contributed by atoms with Crippen LogP contribution in [-0.2, 0) is 21.5 Å². The summed E-state index contributed by atoms with van der Waals surface area (Å²) in [5.41, 5.74) is 4.05. The molecular formula is C27H26F3NO4. The number of rotatable bonds is 5. The van der Waals surface area contributed by atoms with E-state index in [2.05, 4.69) is 25.5 Å². The molecule has 0 heterocycles. The number of carboxylic acid groups (broad SMARTS) is 1. The molecule has 1 amide bonds. The maximum Gasteiger partial charge on any atom is 0.573 e. The fourth-order valence-electron chi connectivity index (χ4n) is 3.74. The summed E-state index contributed by atoms with van der Waals surface area (Å²) in [5, 5.41) is 9.45. The van der Waals surface area contributed by atoms with Crippen molar-refractivity contribution in [3.8, 4) is 16.9 Å². The van der Waals surface area contributed by atoms with Gasteiger partial charge in [-0.2, -0.15) is 0 Å². The molecular weight excluding hydrogens is 459 g/mol. The Kier molecular flexibility index (Phi) is 7.24. The first kappa shape index (κ1) is 25.8. The smallest absolute Gasteiger partial charge is 0.474 e. The van der Waals surface area contributed by atoms with Gasteiger partial charge in [-0.1, -0.05) is 69.3 Å². The number of amides is 1. The Labute approximate surface area is 201 Å². The maximum atomic E-state index is 12.7. The number of carbonyl (C=O) groups is 2. The van der Waals surface area contributed by atoms with Gasteiger partial charge in [0, 0.05) is 5.69 Å². The highest BCUT2D eigenvalue weighted by molar-refractivity contribution is 6.37. The Balaban J connectivity index is 1.97. The second-order valence-corrected chi connectivity index (χ2v) is 9.17. The lowest BCUT2D eigenvalue weighted by Gasteiger charge is -2.25. The molecule has 184 valence electrons. The molecule has 1 N–H and O–H groups in total. The number of halogens is 3. The van der Waals surface area contributed by atoms with E-state index in [9.17, 15) is 27.9 Å². The van der Waals surface area contributed by atoms with Crippen LogP contribution in [0.2, 0.25) is 0 Å². The SMILES string of the molecule is Cc1c(-c2ccc(OC(F)(F)F)cc2)cccc1N(Cc1ccc(C(C)(C)C)cc1)C(=O)C(=O)O. The van der Waals surface area contributed by atoms with E-state index in [1.54, 1.807) is 25.1 Å². The van der Waals surface area contributed by atoms with Crippen molar-refractivity contribution in [3.05, 3.63) is 83.4 Å². The average molecular weight is 486 g/mol. The minimum absolute atomic E-state index is 0.0399. The normalized spacial score (nSPS) is 11.7. The topological polar surface area (TPSA) is 66.8 Å². The second kappa shape index (κ2) is 9.82. The van der Waals surface area contributed by atoms with Crippen LogP contribution in [0.15, 0.2) is 66.7 Å². The molecule has 0 radical (unpaired) electrons. The monoisotopic (exact) mass is 485 g/mol. The summed E-state index contributed by atoms with van der Waals surface area (Å²) in [6, 6.07) is 18.0. The van der Waals surface area contributed by atoms with Crippen molar-refractivity contribution >= 4 is 17.6 Å². The molecule has 3 aromatic rings. The van der Waals surface area contributed by atoms with Gasteiger partial charge in [-0.25, -0.2) is 4.79 Å². The van der Waals surface area contributed by atoms with Gasteiger partial charge < -0.3 is 9.84 Å². The molecule has 0 saturated heterocycles. The van der Waals surface area contributed by atoms with Crippen LogP contribution in [-0.4, -0.2) is 23.3 Å². The van der Waals surface area contributed by atoms with Gasteiger partial charge in [-0.3, -0.25) is 9.69 Å². The number of benzene rings is 3. The number of carboxylic acids is 1. The van der Waals surface area contributed by atoms with Gasteiger partial charge in [-0.05, 0) is 58.4 Å². The Hall–Kier alpha value is -3.81. The summed E-state index contributed by atoms with van der Waals surface area (Å²) >= 11 is 0. The van der Waals surface area contributed by atoms with Crippen LogP contribution in [0, 0.1) is 6.92 Å². The Morgan fingerprint density at radius 1 is 0.914 bits per heavy atom. The van der Waals surface area contributed by atoms with Gasteiger partial charge in [0.15, 0.2) is 0 Å². The molecule has 0 aliphatic rings. The number of nitrogens with zero attached hydrogens (tertiary/aromatic N) is 1. The van der Waals surface area contributed by atoms with Crippen molar-refractivity contribution in [1.82, 2.24) is 0 Å². The van der Waals surface area contributed by atoms with E-state index in [4.69, 9.17) is 0 Å². The van der Waals surface area contributed by atoms with Gasteiger partial charge in [-0.15, -0.1) is 13.2 Å². The van der Waals surface area contributed by atoms with Crippen LogP contribution in [0.3, 0.4) is 0 Å². The highest BCUT2D eigenvalue weighted by atomic mass is 19.4. The summed E-state index contributed by atoms with van der Waals surface area (Å²) in [6.45, 7) is 8.02. The van der Waals surface area contributed by atoms with Crippen molar-refractivity contribution in [3.63, 3.8) is 0 Å². The van der Waals surface area contributed by atoms with Gasteiger partial charge in [0.1, 0.15) is 5.75 Å². The summed E-state index contributed by atoms with van der Waals surface area (Å²) in [7, 11) is 0. The van der Waals surface area contributed by atoms with Crippen LogP contribution in [0.4, 0.5) is 18.9 Å². The van der Waals surface area contributed by atoms with E-state index in [1.165, 1.54) is 29.2 Å². The van der Waals surface area contributed by atoms with Crippen LogP contribution in [0.5, 0.6) is 5.75 Å². The van der Waals surface area contributed by atoms with Crippen LogP contribution < -0.4 is 9.64 Å². The third kappa shape index (κ3) is 6.41. The van der Waals surface area contributed by atoms with Crippen LogP contribution in [0.1, 0.15) is 37.5 Å². The summed E-state index contributed by atoms with van der Waals surface area (Å²) in [5.74, 6) is -3.02. The molecule has 3 aromatic carbocycles. The van der Waals surface area contributed by atoms with Gasteiger partial charge >= 0.3 is 18.2 Å². The quantitative estimate of drug-likeness (QED) is 0.420. The van der Waals surface area contributed by atoms with E-state index >= 15 is 0 Å². The molecule has 5 nitrogen and oxygen atoms in total.